The number of halogens is 2. The first-order chi connectivity index (χ1) is 28.8. The number of amides is 4. The van der Waals surface area contributed by atoms with Crippen LogP contribution in [0, 0.1) is 23.7 Å². The summed E-state index contributed by atoms with van der Waals surface area (Å²) in [6, 6.07) is 2.95. The Morgan fingerprint density at radius 1 is 1.11 bits per heavy atom. The third-order valence-electron chi connectivity index (χ3n) is 12.6. The van der Waals surface area contributed by atoms with E-state index in [1.165, 1.54) is 4.90 Å². The van der Waals surface area contributed by atoms with Crippen LogP contribution in [-0.2, 0) is 29.1 Å². The highest BCUT2D eigenvalue weighted by Crippen LogP contribution is 2.43. The van der Waals surface area contributed by atoms with Gasteiger partial charge in [0.2, 0.25) is 33.6 Å². The quantitative estimate of drug-likeness (QED) is 0.153. The predicted molar refractivity (Wildman–Crippen MR) is 221 cm³/mol. The van der Waals surface area contributed by atoms with Gasteiger partial charge in [-0.15, -0.1) is 0 Å². The maximum atomic E-state index is 14.6. The smallest absolute Gasteiger partial charge is 0.408 e. The number of sulfonamides is 1. The molecular formula is C43H59F2N5O10S. The van der Waals surface area contributed by atoms with Crippen LogP contribution in [0.25, 0.3) is 10.8 Å². The lowest BCUT2D eigenvalue weighted by atomic mass is 9.84. The highest BCUT2D eigenvalue weighted by molar-refractivity contribution is 7.91. The maximum absolute atomic E-state index is 14.6. The Kier molecular flexibility index (Phi) is 14.0. The van der Waals surface area contributed by atoms with Gasteiger partial charge in [0.05, 0.1) is 11.3 Å². The van der Waals surface area contributed by atoms with Gasteiger partial charge in [-0.3, -0.25) is 19.1 Å². The molecule has 6 rings (SSSR count). The second-order valence-corrected chi connectivity index (χ2v) is 19.9. The van der Waals surface area contributed by atoms with Crippen LogP contribution in [0.15, 0.2) is 36.5 Å². The molecule has 0 spiro atoms. The number of nitrogens with zero attached hydrogens (tertiary/aromatic N) is 2. The average Bonchev–Trinajstić information content (AvgIpc) is 3.59. The molecule has 1 unspecified atom stereocenters. The Hall–Kier alpha value is -4.74. The van der Waals surface area contributed by atoms with Crippen molar-refractivity contribution in [1.29, 1.82) is 0 Å². The molecule has 3 fully saturated rings. The van der Waals surface area contributed by atoms with Gasteiger partial charge in [-0.2, -0.15) is 0 Å². The highest BCUT2D eigenvalue weighted by atomic mass is 32.2. The maximum Gasteiger partial charge on any atom is 0.408 e. The zero-order chi connectivity index (χ0) is 44.3. The van der Waals surface area contributed by atoms with Crippen LogP contribution in [0.2, 0.25) is 0 Å². The Balaban J connectivity index is 1.14. The molecule has 2 saturated carbocycles. The third-order valence-corrected chi connectivity index (χ3v) is 14.8. The normalized spacial score (nSPS) is 23.7. The first-order valence-electron chi connectivity index (χ1n) is 21.3. The first-order valence-corrected chi connectivity index (χ1v) is 22.8. The molecule has 0 radical (unpaired) electrons. The van der Waals surface area contributed by atoms with E-state index in [1.54, 1.807) is 31.3 Å². The number of carbonyl (C=O) groups excluding carboxylic acids is 4. The van der Waals surface area contributed by atoms with E-state index >= 15 is 0 Å². The van der Waals surface area contributed by atoms with Gasteiger partial charge in [-0.05, 0) is 102 Å². The van der Waals surface area contributed by atoms with Crippen molar-refractivity contribution in [2.24, 2.45) is 29.4 Å². The lowest BCUT2D eigenvalue weighted by Crippen LogP contribution is -2.56. The van der Waals surface area contributed by atoms with Gasteiger partial charge in [-0.25, -0.2) is 27.0 Å². The molecule has 2 aliphatic carbocycles. The van der Waals surface area contributed by atoms with Crippen molar-refractivity contribution in [3.8, 4) is 17.4 Å². The number of primary amides is 1. The third kappa shape index (κ3) is 10.5. The molecule has 336 valence electrons. The van der Waals surface area contributed by atoms with Gasteiger partial charge in [0.25, 0.3) is 6.43 Å². The molecule has 1 saturated heterocycles. The van der Waals surface area contributed by atoms with Crippen LogP contribution in [0.1, 0.15) is 98.8 Å². The number of rotatable bonds is 18. The minimum atomic E-state index is -3.73. The monoisotopic (exact) mass is 875 g/mol. The molecule has 15 nitrogen and oxygen atoms in total. The van der Waals surface area contributed by atoms with Crippen molar-refractivity contribution in [2.75, 3.05) is 19.8 Å². The van der Waals surface area contributed by atoms with Crippen LogP contribution in [0.3, 0.4) is 0 Å². The number of nitrogens with two attached hydrogens (primary N) is 1. The summed E-state index contributed by atoms with van der Waals surface area (Å²) in [6.45, 7) is 8.35. The number of hydrogen-bond acceptors (Lipinski definition) is 11. The van der Waals surface area contributed by atoms with Crippen LogP contribution in [0.5, 0.6) is 17.4 Å². The van der Waals surface area contributed by atoms with E-state index in [2.05, 4.69) is 15.0 Å². The van der Waals surface area contributed by atoms with E-state index in [0.717, 1.165) is 26.7 Å². The number of alkyl halides is 2. The van der Waals surface area contributed by atoms with E-state index in [4.69, 9.17) is 24.7 Å². The fraction of sp³-hybridized carbons (Fsp3) is 0.651. The molecule has 2 aromatic rings. The van der Waals surface area contributed by atoms with Crippen molar-refractivity contribution in [3.63, 3.8) is 0 Å². The van der Waals surface area contributed by atoms with Crippen molar-refractivity contribution in [2.45, 2.75) is 134 Å². The molecule has 4 amide bonds. The van der Waals surface area contributed by atoms with E-state index in [0.29, 0.717) is 80.4 Å². The van der Waals surface area contributed by atoms with Gasteiger partial charge in [-0.1, -0.05) is 38.8 Å². The molecular weight excluding hydrogens is 817 g/mol. The zero-order valence-electron chi connectivity index (χ0n) is 35.5. The number of likely N-dealkylation sites (tertiary alicyclic amines) is 1. The molecule has 1 aromatic heterocycles. The fourth-order valence-corrected chi connectivity index (χ4v) is 9.83. The number of nitrogens with one attached hydrogen (secondary N) is 2. The first kappa shape index (κ1) is 45.8. The molecule has 61 heavy (non-hydrogen) atoms. The largest absolute Gasteiger partial charge is 0.486 e. The molecule has 4 N–H and O–H groups in total. The number of benzene rings is 1. The molecule has 3 heterocycles. The number of pyridine rings is 1. The van der Waals surface area contributed by atoms with E-state index in [1.807, 2.05) is 26.0 Å². The van der Waals surface area contributed by atoms with Crippen LogP contribution >= 0.6 is 0 Å². The van der Waals surface area contributed by atoms with Crippen LogP contribution in [0.4, 0.5) is 13.6 Å². The SMILES string of the molecule is CC[C@H](C[C@@H](C)CC/C=C\[C@@H]1CCCC1C(=O)NS(=O)(=O)C1(C)CC1)[C@H](NC(=O)OC(C)(C)C(F)F)C(=O)N1C[C@H](Oc2nccc3c4c(ccc23)OCCO4)C[C@H]1C(N)=O. The van der Waals surface area contributed by atoms with Crippen molar-refractivity contribution >= 4 is 44.6 Å². The van der Waals surface area contributed by atoms with Crippen molar-refractivity contribution in [1.82, 2.24) is 19.9 Å². The number of ether oxygens (including phenoxy) is 4. The number of allylic oxidation sites excluding steroid dienone is 2. The number of carbonyl (C=O) groups is 4. The van der Waals surface area contributed by atoms with E-state index in [-0.39, 0.29) is 30.7 Å². The summed E-state index contributed by atoms with van der Waals surface area (Å²) in [5, 5.41) is 3.92. The van der Waals surface area contributed by atoms with E-state index in [9.17, 15) is 36.4 Å². The molecule has 2 aliphatic heterocycles. The average molecular weight is 876 g/mol. The Labute approximate surface area is 355 Å². The van der Waals surface area contributed by atoms with Gasteiger partial charge in [0.1, 0.15) is 31.4 Å². The van der Waals surface area contributed by atoms with Crippen molar-refractivity contribution < 1.29 is 55.3 Å². The van der Waals surface area contributed by atoms with Crippen LogP contribution < -0.4 is 30.0 Å². The topological polar surface area (TPSA) is 206 Å². The summed E-state index contributed by atoms with van der Waals surface area (Å²) in [4.78, 5) is 59.4. The van der Waals surface area contributed by atoms with Crippen molar-refractivity contribution in [3.05, 3.63) is 36.5 Å². The summed E-state index contributed by atoms with van der Waals surface area (Å²) >= 11 is 0. The minimum Gasteiger partial charge on any atom is -0.486 e. The summed E-state index contributed by atoms with van der Waals surface area (Å²) < 4.78 is 77.4. The molecule has 18 heteroatoms. The zero-order valence-corrected chi connectivity index (χ0v) is 36.3. The van der Waals surface area contributed by atoms with Gasteiger partial charge in [0, 0.05) is 29.3 Å². The summed E-state index contributed by atoms with van der Waals surface area (Å²) in [7, 11) is -3.73. The highest BCUT2D eigenvalue weighted by Gasteiger charge is 2.51. The Morgan fingerprint density at radius 2 is 1.85 bits per heavy atom. The summed E-state index contributed by atoms with van der Waals surface area (Å²) in [5.74, 6) is -1.49. The molecule has 0 bridgehead atoms. The summed E-state index contributed by atoms with van der Waals surface area (Å²) in [6.07, 6.45) is 6.07. The van der Waals surface area contributed by atoms with Crippen LogP contribution in [-0.4, -0.2) is 96.8 Å². The van der Waals surface area contributed by atoms with E-state index < -0.39 is 80.6 Å². The lowest BCUT2D eigenvalue weighted by molar-refractivity contribution is -0.140. The number of aromatic nitrogens is 1. The standard InChI is InChI=1S/C43H59F2N5O10S/c1-6-26(22-25(2)10-7-8-11-27-12-9-13-29(27)37(52)49-61(55,56)43(5)17-18-43)34(48-41(54)60-42(3,4)40(44)45)39(53)50-24-28(23-32(50)36(46)51)59-38-31-14-15-33-35(58-21-20-57-33)30(31)16-19-47-38/h8,11,14-16,19,25-29,32,34,40H,6-7,9-10,12-13,17-18,20-24H2,1-5H3,(H2,46,51)(H,48,54)(H,49,52)/b11-8-/t25-,26+,27+,28+,29?,32-,34-/m0/s1. The Bertz CT molecular complexity index is 2100. The van der Waals surface area contributed by atoms with Gasteiger partial charge >= 0.3 is 6.09 Å². The van der Waals surface area contributed by atoms with Gasteiger partial charge in [0.15, 0.2) is 17.1 Å². The second kappa shape index (κ2) is 18.7. The Morgan fingerprint density at radius 3 is 2.54 bits per heavy atom. The second-order valence-electron chi connectivity index (χ2n) is 17.7. The minimum absolute atomic E-state index is 0.00601. The number of hydrogen-bond donors (Lipinski definition) is 3. The summed E-state index contributed by atoms with van der Waals surface area (Å²) in [5.41, 5.74) is 3.71. The number of fused-ring (bicyclic) bond motifs is 3. The molecule has 7 atom stereocenters. The molecule has 1 aromatic carbocycles. The lowest BCUT2D eigenvalue weighted by Gasteiger charge is -2.34. The predicted octanol–water partition coefficient (Wildman–Crippen LogP) is 5.78. The fourth-order valence-electron chi connectivity index (χ4n) is 8.53. The number of alkyl carbamates (subject to hydrolysis) is 1. The molecule has 4 aliphatic rings. The van der Waals surface area contributed by atoms with Gasteiger partial charge < -0.3 is 34.9 Å².